The highest BCUT2D eigenvalue weighted by molar-refractivity contribution is 5.75. The van der Waals surface area contributed by atoms with Crippen molar-refractivity contribution in [2.24, 2.45) is 0 Å². The predicted octanol–water partition coefficient (Wildman–Crippen LogP) is 4.17. The number of aryl methyl sites for hydroxylation is 2. The van der Waals surface area contributed by atoms with Crippen LogP contribution in [-0.4, -0.2) is 34.7 Å². The number of benzene rings is 1. The van der Waals surface area contributed by atoms with Crippen molar-refractivity contribution >= 4 is 0 Å². The number of nitrogens with zero attached hydrogens (tertiary/aromatic N) is 7. The van der Waals surface area contributed by atoms with Gasteiger partial charge in [0.05, 0.1) is 29.3 Å². The monoisotopic (exact) mass is 391 g/mol. The van der Waals surface area contributed by atoms with E-state index in [1.54, 1.807) is 6.92 Å². The van der Waals surface area contributed by atoms with E-state index in [4.69, 9.17) is 4.52 Å². The van der Waals surface area contributed by atoms with Gasteiger partial charge in [0.2, 0.25) is 0 Å². The second-order valence-corrected chi connectivity index (χ2v) is 7.38. The minimum Gasteiger partial charge on any atom is -0.332 e. The zero-order valence-electron chi connectivity index (χ0n) is 16.3. The molecule has 0 atom stereocenters. The SMILES string of the molecule is C.CCc1nnn2c1-c1cc(C(C)C)ccc1-n1cnc(-c3nc(C)no3)c1C2. The Kier molecular flexibility index (Phi) is 4.56. The summed E-state index contributed by atoms with van der Waals surface area (Å²) in [5, 5.41) is 12.8. The largest absolute Gasteiger partial charge is 0.332 e. The summed E-state index contributed by atoms with van der Waals surface area (Å²) in [7, 11) is 0. The summed E-state index contributed by atoms with van der Waals surface area (Å²) in [4.78, 5) is 8.95. The van der Waals surface area contributed by atoms with Crippen LogP contribution in [0.25, 0.3) is 28.5 Å². The summed E-state index contributed by atoms with van der Waals surface area (Å²) >= 11 is 0. The van der Waals surface area contributed by atoms with Gasteiger partial charge in [0.25, 0.3) is 5.89 Å². The van der Waals surface area contributed by atoms with Crippen LogP contribution in [0.5, 0.6) is 0 Å². The number of imidazole rings is 1. The lowest BCUT2D eigenvalue weighted by Gasteiger charge is -2.13. The molecule has 1 aromatic carbocycles. The van der Waals surface area contributed by atoms with Crippen molar-refractivity contribution < 1.29 is 4.52 Å². The first kappa shape index (κ1) is 19.0. The first-order chi connectivity index (χ1) is 13.6. The molecule has 29 heavy (non-hydrogen) atoms. The van der Waals surface area contributed by atoms with E-state index < -0.39 is 0 Å². The second kappa shape index (κ2) is 6.95. The molecule has 0 saturated carbocycles. The van der Waals surface area contributed by atoms with E-state index in [-0.39, 0.29) is 7.43 Å². The van der Waals surface area contributed by atoms with Crippen molar-refractivity contribution in [3.63, 3.8) is 0 Å². The van der Waals surface area contributed by atoms with Crippen LogP contribution in [0.4, 0.5) is 0 Å². The highest BCUT2D eigenvalue weighted by Crippen LogP contribution is 2.37. The van der Waals surface area contributed by atoms with E-state index in [0.717, 1.165) is 34.8 Å². The molecule has 0 aliphatic carbocycles. The average molecular weight is 391 g/mol. The van der Waals surface area contributed by atoms with Crippen molar-refractivity contribution in [1.29, 1.82) is 0 Å². The van der Waals surface area contributed by atoms with Gasteiger partial charge in [-0.15, -0.1) is 5.10 Å². The van der Waals surface area contributed by atoms with Crippen molar-refractivity contribution in [3.8, 4) is 28.5 Å². The zero-order chi connectivity index (χ0) is 19.4. The van der Waals surface area contributed by atoms with E-state index in [1.807, 2.05) is 11.0 Å². The third-order valence-corrected chi connectivity index (χ3v) is 5.24. The maximum Gasteiger partial charge on any atom is 0.278 e. The first-order valence-electron chi connectivity index (χ1n) is 9.50. The summed E-state index contributed by atoms with van der Waals surface area (Å²) in [5.74, 6) is 1.44. The third-order valence-electron chi connectivity index (χ3n) is 5.24. The van der Waals surface area contributed by atoms with Gasteiger partial charge >= 0.3 is 0 Å². The molecule has 0 saturated heterocycles. The summed E-state index contributed by atoms with van der Waals surface area (Å²) < 4.78 is 9.44. The van der Waals surface area contributed by atoms with Gasteiger partial charge in [-0.1, -0.05) is 44.6 Å². The molecule has 3 aromatic heterocycles. The molecule has 0 N–H and O–H groups in total. The van der Waals surface area contributed by atoms with Gasteiger partial charge in [-0.25, -0.2) is 9.67 Å². The Morgan fingerprint density at radius 2 is 2.07 bits per heavy atom. The van der Waals surface area contributed by atoms with E-state index in [2.05, 4.69) is 69.0 Å². The van der Waals surface area contributed by atoms with Gasteiger partial charge in [0.15, 0.2) is 11.5 Å². The molecule has 0 radical (unpaired) electrons. The first-order valence-corrected chi connectivity index (χ1v) is 9.50. The van der Waals surface area contributed by atoms with Gasteiger partial charge in [-0.3, -0.25) is 4.57 Å². The van der Waals surface area contributed by atoms with Crippen molar-refractivity contribution in [2.75, 3.05) is 0 Å². The Morgan fingerprint density at radius 1 is 1.24 bits per heavy atom. The number of hydrogen-bond donors (Lipinski definition) is 0. The standard InChI is InChI=1S/C20H21N7O.CH4/c1-5-15-19-14-8-13(11(2)3)6-7-16(14)26-10-21-18(20-22-12(4)24-28-20)17(26)9-27(19)25-23-15;/h6-8,10-11H,5,9H2,1-4H3;1H4. The molecule has 5 rings (SSSR count). The highest BCUT2D eigenvalue weighted by atomic mass is 16.5. The molecular weight excluding hydrogens is 366 g/mol. The Balaban J connectivity index is 0.00000205. The van der Waals surface area contributed by atoms with Crippen LogP contribution in [0.3, 0.4) is 0 Å². The quantitative estimate of drug-likeness (QED) is 0.459. The minimum absolute atomic E-state index is 0. The van der Waals surface area contributed by atoms with Crippen LogP contribution >= 0.6 is 0 Å². The van der Waals surface area contributed by atoms with E-state index in [9.17, 15) is 0 Å². The summed E-state index contributed by atoms with van der Waals surface area (Å²) in [6.45, 7) is 8.84. The van der Waals surface area contributed by atoms with Crippen LogP contribution in [0.1, 0.15) is 56.9 Å². The Hall–Kier alpha value is -3.29. The summed E-state index contributed by atoms with van der Waals surface area (Å²) in [6.07, 6.45) is 2.65. The highest BCUT2D eigenvalue weighted by Gasteiger charge is 2.28. The van der Waals surface area contributed by atoms with E-state index in [0.29, 0.717) is 29.9 Å². The van der Waals surface area contributed by atoms with Crippen molar-refractivity contribution in [1.82, 2.24) is 34.7 Å². The second-order valence-electron chi connectivity index (χ2n) is 7.38. The molecule has 0 bridgehead atoms. The Labute approximate surface area is 169 Å². The van der Waals surface area contributed by atoms with Crippen LogP contribution in [-0.2, 0) is 13.0 Å². The molecule has 8 nitrogen and oxygen atoms in total. The molecule has 0 amide bonds. The molecule has 4 aromatic rings. The maximum absolute atomic E-state index is 5.39. The smallest absolute Gasteiger partial charge is 0.278 e. The molecule has 0 unspecified atom stereocenters. The fraction of sp³-hybridized carbons (Fsp3) is 0.381. The van der Waals surface area contributed by atoms with Gasteiger partial charge < -0.3 is 4.52 Å². The number of fused-ring (bicyclic) bond motifs is 5. The zero-order valence-corrected chi connectivity index (χ0v) is 16.3. The van der Waals surface area contributed by atoms with E-state index >= 15 is 0 Å². The fourth-order valence-corrected chi connectivity index (χ4v) is 3.75. The van der Waals surface area contributed by atoms with Crippen LogP contribution in [0.15, 0.2) is 29.0 Å². The lowest BCUT2D eigenvalue weighted by molar-refractivity contribution is 0.424. The molecule has 4 heterocycles. The summed E-state index contributed by atoms with van der Waals surface area (Å²) in [5.41, 5.74) is 7.16. The van der Waals surface area contributed by atoms with Gasteiger partial charge in [-0.05, 0) is 37.0 Å². The van der Waals surface area contributed by atoms with Crippen molar-refractivity contribution in [3.05, 3.63) is 47.3 Å². The third kappa shape index (κ3) is 2.86. The van der Waals surface area contributed by atoms with Crippen molar-refractivity contribution in [2.45, 2.75) is 54.0 Å². The van der Waals surface area contributed by atoms with Gasteiger partial charge in [0, 0.05) is 5.56 Å². The Morgan fingerprint density at radius 3 is 2.76 bits per heavy atom. The molecule has 150 valence electrons. The predicted molar refractivity (Wildman–Crippen MR) is 110 cm³/mol. The fourth-order valence-electron chi connectivity index (χ4n) is 3.75. The summed E-state index contributed by atoms with van der Waals surface area (Å²) in [6, 6.07) is 6.58. The van der Waals surface area contributed by atoms with E-state index in [1.165, 1.54) is 5.56 Å². The Bertz CT molecular complexity index is 1180. The molecule has 1 aliphatic rings. The van der Waals surface area contributed by atoms with Crippen LogP contribution in [0.2, 0.25) is 0 Å². The van der Waals surface area contributed by atoms with Crippen LogP contribution < -0.4 is 0 Å². The number of hydrogen-bond acceptors (Lipinski definition) is 6. The molecule has 1 aliphatic heterocycles. The lowest BCUT2D eigenvalue weighted by Crippen LogP contribution is -2.06. The molecule has 8 heteroatoms. The van der Waals surface area contributed by atoms with Crippen LogP contribution in [0, 0.1) is 6.92 Å². The number of rotatable bonds is 3. The molecule has 0 fully saturated rings. The topological polar surface area (TPSA) is 87.5 Å². The average Bonchev–Trinajstić information content (AvgIpc) is 3.38. The minimum atomic E-state index is 0. The normalized spacial score (nSPS) is 12.2. The number of aromatic nitrogens is 7. The lowest BCUT2D eigenvalue weighted by atomic mass is 9.97. The van der Waals surface area contributed by atoms with Gasteiger partial charge in [-0.2, -0.15) is 4.98 Å². The maximum atomic E-state index is 5.39. The molecule has 0 spiro atoms. The molecular formula is C21H25N7O. The van der Waals surface area contributed by atoms with Gasteiger partial charge in [0.1, 0.15) is 6.33 Å².